The van der Waals surface area contributed by atoms with Crippen molar-refractivity contribution in [3.8, 4) is 0 Å². The van der Waals surface area contributed by atoms with Crippen LogP contribution in [0.3, 0.4) is 0 Å². The summed E-state index contributed by atoms with van der Waals surface area (Å²) >= 11 is 0. The Morgan fingerprint density at radius 1 is 1.13 bits per heavy atom. The van der Waals surface area contributed by atoms with Crippen molar-refractivity contribution in [1.82, 2.24) is 19.6 Å². The summed E-state index contributed by atoms with van der Waals surface area (Å²) in [7, 11) is 0. The van der Waals surface area contributed by atoms with Crippen LogP contribution in [-0.2, 0) is 13.1 Å². The highest BCUT2D eigenvalue weighted by atomic mass is 16.2. The summed E-state index contributed by atoms with van der Waals surface area (Å²) in [6, 6.07) is 11.8. The number of rotatable bonds is 5. The predicted molar refractivity (Wildman–Crippen MR) is 88.4 cm³/mol. The lowest BCUT2D eigenvalue weighted by atomic mass is 10.1. The fourth-order valence-corrected chi connectivity index (χ4v) is 2.35. The van der Waals surface area contributed by atoms with Crippen molar-refractivity contribution in [2.45, 2.75) is 26.9 Å². The van der Waals surface area contributed by atoms with E-state index in [0.29, 0.717) is 18.1 Å². The Morgan fingerprint density at radius 3 is 2.70 bits per heavy atom. The van der Waals surface area contributed by atoms with Crippen molar-refractivity contribution in [2.75, 3.05) is 5.32 Å². The zero-order chi connectivity index (χ0) is 16.2. The molecule has 1 amide bonds. The van der Waals surface area contributed by atoms with E-state index in [0.717, 1.165) is 6.54 Å². The molecule has 0 atom stereocenters. The number of aryl methyl sites for hydroxylation is 2. The van der Waals surface area contributed by atoms with E-state index in [1.165, 1.54) is 11.1 Å². The number of carbonyl (C=O) groups is 1. The second-order valence-electron chi connectivity index (χ2n) is 5.40. The summed E-state index contributed by atoms with van der Waals surface area (Å²) in [5.74, 6) is 0.270. The summed E-state index contributed by atoms with van der Waals surface area (Å²) in [6.07, 6.45) is 3.63. The van der Waals surface area contributed by atoms with Crippen molar-refractivity contribution in [3.63, 3.8) is 0 Å². The third kappa shape index (κ3) is 3.66. The molecule has 1 N–H and O–H groups in total. The normalized spacial score (nSPS) is 10.7. The molecule has 23 heavy (non-hydrogen) atoms. The van der Waals surface area contributed by atoms with Gasteiger partial charge in [-0.05, 0) is 25.5 Å². The van der Waals surface area contributed by atoms with Crippen LogP contribution < -0.4 is 5.32 Å². The minimum atomic E-state index is -0.252. The average Bonchev–Trinajstić information content (AvgIpc) is 3.16. The Bertz CT molecular complexity index is 818. The van der Waals surface area contributed by atoms with Crippen LogP contribution in [-0.4, -0.2) is 25.5 Å². The van der Waals surface area contributed by atoms with Crippen LogP contribution in [0, 0.1) is 6.92 Å². The molecule has 0 saturated heterocycles. The van der Waals surface area contributed by atoms with Crippen molar-refractivity contribution >= 4 is 11.7 Å². The summed E-state index contributed by atoms with van der Waals surface area (Å²) in [4.78, 5) is 12.1. The monoisotopic (exact) mass is 309 g/mol. The SMILES string of the molecule is CCn1ccc(C(=O)Nc2ccn(Cc3cccc(C)c3)n2)n1. The van der Waals surface area contributed by atoms with E-state index >= 15 is 0 Å². The molecule has 2 heterocycles. The maximum Gasteiger partial charge on any atom is 0.277 e. The van der Waals surface area contributed by atoms with Crippen LogP contribution >= 0.6 is 0 Å². The molecule has 6 nitrogen and oxygen atoms in total. The van der Waals surface area contributed by atoms with E-state index in [4.69, 9.17) is 0 Å². The molecule has 0 bridgehead atoms. The molecule has 0 radical (unpaired) electrons. The molecule has 0 aliphatic heterocycles. The molecular weight excluding hydrogens is 290 g/mol. The highest BCUT2D eigenvalue weighted by Crippen LogP contribution is 2.09. The molecule has 3 aromatic rings. The molecule has 6 heteroatoms. The van der Waals surface area contributed by atoms with Crippen molar-refractivity contribution in [3.05, 3.63) is 65.6 Å². The molecule has 0 unspecified atom stereocenters. The Hall–Kier alpha value is -2.89. The number of benzene rings is 1. The molecule has 2 aromatic heterocycles. The van der Waals surface area contributed by atoms with Crippen LogP contribution in [0.1, 0.15) is 28.5 Å². The van der Waals surface area contributed by atoms with E-state index in [1.54, 1.807) is 27.7 Å². The zero-order valence-electron chi connectivity index (χ0n) is 13.2. The minimum absolute atomic E-state index is 0.252. The summed E-state index contributed by atoms with van der Waals surface area (Å²) in [6.45, 7) is 5.44. The molecule has 0 spiro atoms. The van der Waals surface area contributed by atoms with Gasteiger partial charge in [-0.2, -0.15) is 10.2 Å². The largest absolute Gasteiger partial charge is 0.304 e. The molecule has 0 fully saturated rings. The standard InChI is InChI=1S/C17H19N5O/c1-3-21-9-7-15(19-21)17(23)18-16-8-10-22(20-16)12-14-6-4-5-13(2)11-14/h4-11H,3,12H2,1-2H3,(H,18,20,23). The quantitative estimate of drug-likeness (QED) is 0.788. The highest BCUT2D eigenvalue weighted by molar-refractivity contribution is 6.02. The van der Waals surface area contributed by atoms with E-state index in [1.807, 2.05) is 19.2 Å². The lowest BCUT2D eigenvalue weighted by Crippen LogP contribution is -2.14. The maximum atomic E-state index is 12.1. The van der Waals surface area contributed by atoms with Gasteiger partial charge in [0.15, 0.2) is 11.5 Å². The van der Waals surface area contributed by atoms with Gasteiger partial charge in [0.05, 0.1) is 6.54 Å². The van der Waals surface area contributed by atoms with E-state index in [-0.39, 0.29) is 5.91 Å². The fourth-order valence-electron chi connectivity index (χ4n) is 2.35. The first-order valence-corrected chi connectivity index (χ1v) is 7.58. The lowest BCUT2D eigenvalue weighted by molar-refractivity contribution is 0.102. The second kappa shape index (κ2) is 6.48. The molecule has 3 rings (SSSR count). The van der Waals surface area contributed by atoms with Gasteiger partial charge in [-0.15, -0.1) is 0 Å². The number of nitrogens with one attached hydrogen (secondary N) is 1. The van der Waals surface area contributed by atoms with Gasteiger partial charge >= 0.3 is 0 Å². The van der Waals surface area contributed by atoms with Gasteiger partial charge in [0.2, 0.25) is 0 Å². The molecule has 1 aromatic carbocycles. The predicted octanol–water partition coefficient (Wildman–Crippen LogP) is 2.71. The minimum Gasteiger partial charge on any atom is -0.304 e. The third-order valence-electron chi connectivity index (χ3n) is 3.51. The van der Waals surface area contributed by atoms with Crippen molar-refractivity contribution < 1.29 is 4.79 Å². The van der Waals surface area contributed by atoms with Crippen molar-refractivity contribution in [1.29, 1.82) is 0 Å². The number of amides is 1. The van der Waals surface area contributed by atoms with E-state index in [9.17, 15) is 4.79 Å². The van der Waals surface area contributed by atoms with Crippen LogP contribution in [0.4, 0.5) is 5.82 Å². The summed E-state index contributed by atoms with van der Waals surface area (Å²) in [5.41, 5.74) is 2.78. The highest BCUT2D eigenvalue weighted by Gasteiger charge is 2.11. The van der Waals surface area contributed by atoms with Gasteiger partial charge in [0.1, 0.15) is 0 Å². The first kappa shape index (κ1) is 15.0. The van der Waals surface area contributed by atoms with Crippen LogP contribution in [0.2, 0.25) is 0 Å². The van der Waals surface area contributed by atoms with Crippen LogP contribution in [0.25, 0.3) is 0 Å². The number of nitrogens with zero attached hydrogens (tertiary/aromatic N) is 4. The number of hydrogen-bond acceptors (Lipinski definition) is 3. The molecule has 0 saturated carbocycles. The van der Waals surface area contributed by atoms with Gasteiger partial charge in [-0.3, -0.25) is 14.2 Å². The Morgan fingerprint density at radius 2 is 1.96 bits per heavy atom. The van der Waals surface area contributed by atoms with Gasteiger partial charge in [0, 0.05) is 25.0 Å². The van der Waals surface area contributed by atoms with Gasteiger partial charge in [0.25, 0.3) is 5.91 Å². The van der Waals surface area contributed by atoms with Crippen LogP contribution in [0.5, 0.6) is 0 Å². The Kier molecular flexibility index (Phi) is 4.23. The summed E-state index contributed by atoms with van der Waals surface area (Å²) in [5, 5.41) is 11.3. The number of hydrogen-bond donors (Lipinski definition) is 1. The first-order chi connectivity index (χ1) is 11.1. The van der Waals surface area contributed by atoms with Crippen LogP contribution in [0.15, 0.2) is 48.8 Å². The number of anilines is 1. The zero-order valence-corrected chi connectivity index (χ0v) is 13.2. The second-order valence-corrected chi connectivity index (χ2v) is 5.40. The van der Waals surface area contributed by atoms with E-state index < -0.39 is 0 Å². The fraction of sp³-hybridized carbons (Fsp3) is 0.235. The van der Waals surface area contributed by atoms with Gasteiger partial charge < -0.3 is 5.32 Å². The maximum absolute atomic E-state index is 12.1. The topological polar surface area (TPSA) is 64.7 Å². The Balaban J connectivity index is 1.66. The molecular formula is C17H19N5O. The van der Waals surface area contributed by atoms with Crippen molar-refractivity contribution in [2.24, 2.45) is 0 Å². The molecule has 0 aliphatic carbocycles. The third-order valence-corrected chi connectivity index (χ3v) is 3.51. The number of carbonyl (C=O) groups excluding carboxylic acids is 1. The first-order valence-electron chi connectivity index (χ1n) is 7.58. The number of aromatic nitrogens is 4. The average molecular weight is 309 g/mol. The van der Waals surface area contributed by atoms with E-state index in [2.05, 4.69) is 40.6 Å². The lowest BCUT2D eigenvalue weighted by Gasteiger charge is -2.03. The summed E-state index contributed by atoms with van der Waals surface area (Å²) < 4.78 is 3.51. The smallest absolute Gasteiger partial charge is 0.277 e. The molecule has 118 valence electrons. The van der Waals surface area contributed by atoms with Gasteiger partial charge in [-0.1, -0.05) is 29.8 Å². The van der Waals surface area contributed by atoms with Gasteiger partial charge in [-0.25, -0.2) is 0 Å². The Labute approximate surface area is 134 Å². The molecule has 0 aliphatic rings.